The molecule has 2 aromatic rings. The summed E-state index contributed by atoms with van der Waals surface area (Å²) in [5, 5.41) is 2.79. The van der Waals surface area contributed by atoms with E-state index >= 15 is 0 Å². The normalized spacial score (nSPS) is 11.9. The molecule has 0 aliphatic heterocycles. The van der Waals surface area contributed by atoms with E-state index in [2.05, 4.69) is 12.2 Å². The minimum atomic E-state index is -1.20. The number of hydrogen-bond acceptors (Lipinski definition) is 2. The van der Waals surface area contributed by atoms with E-state index in [0.717, 1.165) is 23.2 Å². The zero-order valence-electron chi connectivity index (χ0n) is 13.0. The van der Waals surface area contributed by atoms with Crippen LogP contribution in [0.4, 0.5) is 5.69 Å². The first-order valence-corrected chi connectivity index (χ1v) is 8.85. The molecule has 2 aromatic carbocycles. The third-order valence-corrected chi connectivity index (χ3v) is 4.73. The predicted octanol–water partition coefficient (Wildman–Crippen LogP) is 3.44. The summed E-state index contributed by atoms with van der Waals surface area (Å²) < 4.78 is 12.1. The Morgan fingerprint density at radius 2 is 1.77 bits per heavy atom. The molecule has 1 amide bonds. The molecule has 0 saturated carbocycles. The van der Waals surface area contributed by atoms with Crippen LogP contribution in [-0.4, -0.2) is 15.9 Å². The number of anilines is 1. The van der Waals surface area contributed by atoms with E-state index in [1.807, 2.05) is 55.5 Å². The van der Waals surface area contributed by atoms with Crippen molar-refractivity contribution in [2.75, 3.05) is 11.1 Å². The zero-order valence-corrected chi connectivity index (χ0v) is 13.8. The molecule has 0 bridgehead atoms. The van der Waals surface area contributed by atoms with Crippen LogP contribution in [0.1, 0.15) is 23.6 Å². The summed E-state index contributed by atoms with van der Waals surface area (Å²) in [5.74, 6) is 0.217. The van der Waals surface area contributed by atoms with Gasteiger partial charge in [-0.1, -0.05) is 43.3 Å². The molecule has 0 radical (unpaired) electrons. The highest BCUT2D eigenvalue weighted by molar-refractivity contribution is 7.84. The van der Waals surface area contributed by atoms with Crippen LogP contribution in [0.2, 0.25) is 0 Å². The quantitative estimate of drug-likeness (QED) is 0.887. The lowest BCUT2D eigenvalue weighted by Crippen LogP contribution is -2.20. The van der Waals surface area contributed by atoms with Crippen molar-refractivity contribution in [1.29, 1.82) is 0 Å². The first-order valence-electron chi connectivity index (χ1n) is 7.36. The summed E-state index contributed by atoms with van der Waals surface area (Å²) in [5.41, 5.74) is 4.10. The molecule has 22 heavy (non-hydrogen) atoms. The lowest BCUT2D eigenvalue weighted by molar-refractivity contribution is -0.113. The standard InChI is InChI=1S/C18H21NO2S/c1-3-15-8-10-17(11-9-15)19-18(20)13-22(21)12-16-7-5-4-6-14(16)2/h4-11H,3,12-13H2,1-2H3,(H,19,20). The Kier molecular flexibility index (Phi) is 5.90. The monoisotopic (exact) mass is 315 g/mol. The summed E-state index contributed by atoms with van der Waals surface area (Å²) in [6, 6.07) is 15.5. The second-order valence-corrected chi connectivity index (χ2v) is 6.71. The second kappa shape index (κ2) is 7.90. The number of benzene rings is 2. The lowest BCUT2D eigenvalue weighted by atomic mass is 10.1. The van der Waals surface area contributed by atoms with Gasteiger partial charge in [0.15, 0.2) is 0 Å². The van der Waals surface area contributed by atoms with Crippen LogP contribution in [0.5, 0.6) is 0 Å². The zero-order chi connectivity index (χ0) is 15.9. The van der Waals surface area contributed by atoms with E-state index in [1.165, 1.54) is 5.56 Å². The van der Waals surface area contributed by atoms with Crippen LogP contribution in [0, 0.1) is 6.92 Å². The van der Waals surface area contributed by atoms with Gasteiger partial charge in [0.1, 0.15) is 5.75 Å². The van der Waals surface area contributed by atoms with Crippen LogP contribution in [0.25, 0.3) is 0 Å². The van der Waals surface area contributed by atoms with Gasteiger partial charge in [-0.15, -0.1) is 0 Å². The molecule has 0 aliphatic carbocycles. The predicted molar refractivity (Wildman–Crippen MR) is 92.3 cm³/mol. The van der Waals surface area contributed by atoms with Crippen molar-refractivity contribution in [1.82, 2.24) is 0 Å². The Morgan fingerprint density at radius 3 is 2.41 bits per heavy atom. The van der Waals surface area contributed by atoms with Crippen molar-refractivity contribution in [3.63, 3.8) is 0 Å². The van der Waals surface area contributed by atoms with Crippen LogP contribution in [0.3, 0.4) is 0 Å². The van der Waals surface area contributed by atoms with Crippen LogP contribution in [-0.2, 0) is 27.8 Å². The summed E-state index contributed by atoms with van der Waals surface area (Å²) in [7, 11) is -1.20. The van der Waals surface area contributed by atoms with Gasteiger partial charge < -0.3 is 5.32 Å². The molecule has 0 aliphatic rings. The average molecular weight is 315 g/mol. The molecule has 1 atom stereocenters. The van der Waals surface area contributed by atoms with Gasteiger partial charge in [-0.3, -0.25) is 9.00 Å². The fraction of sp³-hybridized carbons (Fsp3) is 0.278. The molecular weight excluding hydrogens is 294 g/mol. The minimum absolute atomic E-state index is 0.0177. The van der Waals surface area contributed by atoms with Crippen molar-refractivity contribution < 1.29 is 9.00 Å². The van der Waals surface area contributed by atoms with Crippen molar-refractivity contribution in [2.24, 2.45) is 0 Å². The van der Waals surface area contributed by atoms with Gasteiger partial charge in [0, 0.05) is 22.2 Å². The molecular formula is C18H21NO2S. The summed E-state index contributed by atoms with van der Waals surface area (Å²) in [6.45, 7) is 4.07. The SMILES string of the molecule is CCc1ccc(NC(=O)CS(=O)Cc2ccccc2C)cc1. The first kappa shape index (κ1) is 16.4. The number of rotatable bonds is 6. The highest BCUT2D eigenvalue weighted by atomic mass is 32.2. The van der Waals surface area contributed by atoms with Crippen LogP contribution < -0.4 is 5.32 Å². The highest BCUT2D eigenvalue weighted by Gasteiger charge is 2.10. The minimum Gasteiger partial charge on any atom is -0.325 e. The number of hydrogen-bond donors (Lipinski definition) is 1. The van der Waals surface area contributed by atoms with E-state index in [0.29, 0.717) is 5.75 Å². The largest absolute Gasteiger partial charge is 0.325 e. The molecule has 0 heterocycles. The summed E-state index contributed by atoms with van der Waals surface area (Å²) in [4.78, 5) is 11.9. The molecule has 0 aromatic heterocycles. The molecule has 4 heteroatoms. The maximum Gasteiger partial charge on any atom is 0.237 e. The molecule has 1 unspecified atom stereocenters. The second-order valence-electron chi connectivity index (χ2n) is 5.25. The average Bonchev–Trinajstić information content (AvgIpc) is 2.50. The van der Waals surface area contributed by atoms with Crippen LogP contribution >= 0.6 is 0 Å². The topological polar surface area (TPSA) is 46.2 Å². The van der Waals surface area contributed by atoms with Gasteiger partial charge in [-0.05, 0) is 42.2 Å². The number of carbonyl (C=O) groups is 1. The first-order chi connectivity index (χ1) is 10.6. The van der Waals surface area contributed by atoms with Crippen molar-refractivity contribution in [3.05, 3.63) is 65.2 Å². The summed E-state index contributed by atoms with van der Waals surface area (Å²) in [6.07, 6.45) is 0.967. The van der Waals surface area contributed by atoms with Gasteiger partial charge in [0.25, 0.3) is 0 Å². The molecule has 1 N–H and O–H groups in total. The lowest BCUT2D eigenvalue weighted by Gasteiger charge is -2.07. The van der Waals surface area contributed by atoms with E-state index < -0.39 is 10.8 Å². The maximum absolute atomic E-state index is 12.1. The Morgan fingerprint density at radius 1 is 1.09 bits per heavy atom. The Bertz CT molecular complexity index is 665. The van der Waals surface area contributed by atoms with Crippen molar-refractivity contribution in [3.8, 4) is 0 Å². The number of nitrogens with one attached hydrogen (secondary N) is 1. The van der Waals surface area contributed by atoms with Crippen molar-refractivity contribution >= 4 is 22.4 Å². The Labute approximate surface area is 134 Å². The molecule has 0 spiro atoms. The van der Waals surface area contributed by atoms with Gasteiger partial charge >= 0.3 is 0 Å². The van der Waals surface area contributed by atoms with E-state index in [-0.39, 0.29) is 11.7 Å². The highest BCUT2D eigenvalue weighted by Crippen LogP contribution is 2.12. The van der Waals surface area contributed by atoms with Gasteiger partial charge in [-0.25, -0.2) is 0 Å². The third kappa shape index (κ3) is 4.81. The smallest absolute Gasteiger partial charge is 0.237 e. The van der Waals surface area contributed by atoms with E-state index in [1.54, 1.807) is 0 Å². The fourth-order valence-electron chi connectivity index (χ4n) is 2.16. The number of amides is 1. The molecule has 3 nitrogen and oxygen atoms in total. The third-order valence-electron chi connectivity index (χ3n) is 3.52. The molecule has 2 rings (SSSR count). The summed E-state index contributed by atoms with van der Waals surface area (Å²) >= 11 is 0. The maximum atomic E-state index is 12.1. The molecule has 0 fully saturated rings. The molecule has 0 saturated heterocycles. The van der Waals surface area contributed by atoms with Crippen LogP contribution in [0.15, 0.2) is 48.5 Å². The van der Waals surface area contributed by atoms with Crippen molar-refractivity contribution in [2.45, 2.75) is 26.0 Å². The van der Waals surface area contributed by atoms with Gasteiger partial charge in [-0.2, -0.15) is 0 Å². The number of aryl methyl sites for hydroxylation is 2. The fourth-order valence-corrected chi connectivity index (χ4v) is 3.30. The number of carbonyl (C=O) groups excluding carboxylic acids is 1. The van der Waals surface area contributed by atoms with E-state index in [4.69, 9.17) is 0 Å². The van der Waals surface area contributed by atoms with Gasteiger partial charge in [0.2, 0.25) is 5.91 Å². The van der Waals surface area contributed by atoms with E-state index in [9.17, 15) is 9.00 Å². The molecule has 116 valence electrons. The Balaban J connectivity index is 1.88. The Hall–Kier alpha value is -1.94. The van der Waals surface area contributed by atoms with Gasteiger partial charge in [0.05, 0.1) is 0 Å².